The molecular weight excluding hydrogens is 639 g/mol. The van der Waals surface area contributed by atoms with Gasteiger partial charge in [-0.3, -0.25) is 29.2 Å². The van der Waals surface area contributed by atoms with Gasteiger partial charge in [-0.1, -0.05) is 27.7 Å². The van der Waals surface area contributed by atoms with E-state index in [2.05, 4.69) is 20.9 Å². The molecule has 4 aliphatic rings. The Kier molecular flexibility index (Phi) is 11.0. The normalized spacial score (nSPS) is 30.0. The number of nitrogens with zero attached hydrogens (tertiary/aromatic N) is 4. The standard InChI is InChI=1S/C29H41N7O4S4/c1-14(2)21-28-33-17(13-44-28)23(37)30-16(8-10-41-5)26-31-18(11-42-26)25(39)35-22(15(3)4)29(40)36-9-6-7-20(36)27-32-19(12-43-27)24(38)34-21/h13-16,18-22H,6-12H2,1-5H3,(H,30,37)(H,34,38)(H,35,39)/t16-,18+,19+,20+,21+,22+/m1/s1. The lowest BCUT2D eigenvalue weighted by molar-refractivity contribution is -0.137. The van der Waals surface area contributed by atoms with Crippen LogP contribution in [0.4, 0.5) is 0 Å². The molecule has 44 heavy (non-hydrogen) atoms. The third-order valence-corrected chi connectivity index (χ3v) is 12.1. The van der Waals surface area contributed by atoms with Gasteiger partial charge in [0.2, 0.25) is 17.7 Å². The molecule has 0 aromatic carbocycles. The zero-order chi connectivity index (χ0) is 31.5. The SMILES string of the molecule is CSCC[C@H]1NC(=O)c2csc(n2)[C@H](C(C)C)NC(=O)[C@@H]2CSC(=N2)[C@@H]2CCCN2C(=O)[C@H](C(C)C)NC(=O)[C@@H]2CSC1=N2. The summed E-state index contributed by atoms with van der Waals surface area (Å²) < 4.78 is 0. The molecular formula is C29H41N7O4S4. The van der Waals surface area contributed by atoms with Gasteiger partial charge in [0.1, 0.15) is 28.8 Å². The maximum Gasteiger partial charge on any atom is 0.271 e. The number of rotatable bonds is 5. The van der Waals surface area contributed by atoms with Crippen LogP contribution in [-0.2, 0) is 14.4 Å². The van der Waals surface area contributed by atoms with Gasteiger partial charge in [0.15, 0.2) is 0 Å². The smallest absolute Gasteiger partial charge is 0.271 e. The van der Waals surface area contributed by atoms with Crippen LogP contribution in [0.25, 0.3) is 0 Å². The highest BCUT2D eigenvalue weighted by molar-refractivity contribution is 8.14. The minimum absolute atomic E-state index is 0.0385. The minimum Gasteiger partial charge on any atom is -0.345 e. The first-order valence-electron chi connectivity index (χ1n) is 15.1. The van der Waals surface area contributed by atoms with Crippen molar-refractivity contribution in [1.29, 1.82) is 0 Å². The van der Waals surface area contributed by atoms with Crippen molar-refractivity contribution in [3.05, 3.63) is 16.1 Å². The Labute approximate surface area is 275 Å². The van der Waals surface area contributed by atoms with Crippen molar-refractivity contribution in [2.45, 2.75) is 83.2 Å². The van der Waals surface area contributed by atoms with Crippen molar-refractivity contribution in [3.63, 3.8) is 0 Å². The molecule has 5 rings (SSSR count). The highest BCUT2D eigenvalue weighted by Crippen LogP contribution is 2.32. The lowest BCUT2D eigenvalue weighted by atomic mass is 10.0. The van der Waals surface area contributed by atoms with E-state index in [4.69, 9.17) is 9.98 Å². The van der Waals surface area contributed by atoms with E-state index in [9.17, 15) is 19.2 Å². The molecule has 11 nitrogen and oxygen atoms in total. The van der Waals surface area contributed by atoms with Gasteiger partial charge in [-0.2, -0.15) is 11.8 Å². The zero-order valence-electron chi connectivity index (χ0n) is 25.7. The van der Waals surface area contributed by atoms with Crippen LogP contribution in [0.15, 0.2) is 15.4 Å². The first-order valence-corrected chi connectivity index (χ1v) is 19.4. The summed E-state index contributed by atoms with van der Waals surface area (Å²) in [7, 11) is 0. The Morgan fingerprint density at radius 1 is 0.932 bits per heavy atom. The van der Waals surface area contributed by atoms with E-state index >= 15 is 0 Å². The quantitative estimate of drug-likeness (QED) is 0.431. The molecule has 1 aromatic heterocycles. The van der Waals surface area contributed by atoms with Crippen LogP contribution in [0.3, 0.4) is 0 Å². The maximum absolute atomic E-state index is 13.9. The van der Waals surface area contributed by atoms with Gasteiger partial charge in [-0.15, -0.1) is 34.9 Å². The number of thioether (sulfide) groups is 3. The second kappa shape index (κ2) is 14.5. The molecule has 6 atom stereocenters. The summed E-state index contributed by atoms with van der Waals surface area (Å²) in [6.45, 7) is 8.47. The molecule has 6 bridgehead atoms. The lowest BCUT2D eigenvalue weighted by Gasteiger charge is -2.31. The Morgan fingerprint density at radius 2 is 1.57 bits per heavy atom. The van der Waals surface area contributed by atoms with Crippen LogP contribution in [0, 0.1) is 11.8 Å². The number of fused-ring (bicyclic) bond motifs is 6. The molecule has 240 valence electrons. The molecule has 15 heteroatoms. The second-order valence-corrected chi connectivity index (χ2v) is 16.1. The third kappa shape index (κ3) is 7.31. The number of nitrogens with one attached hydrogen (secondary N) is 3. The molecule has 3 N–H and O–H groups in total. The first-order chi connectivity index (χ1) is 21.1. The molecule has 0 aliphatic carbocycles. The molecule has 0 radical (unpaired) electrons. The summed E-state index contributed by atoms with van der Waals surface area (Å²) in [5.41, 5.74) is 0.291. The lowest BCUT2D eigenvalue weighted by Crippen LogP contribution is -2.55. The van der Waals surface area contributed by atoms with Crippen molar-refractivity contribution in [2.75, 3.05) is 30.1 Å². The van der Waals surface area contributed by atoms with Gasteiger partial charge in [-0.05, 0) is 43.1 Å². The van der Waals surface area contributed by atoms with Crippen LogP contribution in [0.1, 0.15) is 68.5 Å². The number of thiazole rings is 1. The molecule has 0 saturated carbocycles. The fraction of sp³-hybridized carbons (Fsp3) is 0.690. The average molecular weight is 680 g/mol. The maximum atomic E-state index is 13.9. The van der Waals surface area contributed by atoms with Gasteiger partial charge in [0.05, 0.1) is 28.2 Å². The molecule has 5 heterocycles. The molecule has 1 aromatic rings. The zero-order valence-corrected chi connectivity index (χ0v) is 29.0. The van der Waals surface area contributed by atoms with E-state index in [1.165, 1.54) is 34.9 Å². The fourth-order valence-corrected chi connectivity index (χ4v) is 9.50. The number of carbonyl (C=O) groups excluding carboxylic acids is 4. The monoisotopic (exact) mass is 679 g/mol. The highest BCUT2D eigenvalue weighted by atomic mass is 32.2. The van der Waals surface area contributed by atoms with Crippen LogP contribution in [-0.4, -0.2) is 104 Å². The summed E-state index contributed by atoms with van der Waals surface area (Å²) >= 11 is 6.02. The van der Waals surface area contributed by atoms with Crippen molar-refractivity contribution in [3.8, 4) is 0 Å². The predicted octanol–water partition coefficient (Wildman–Crippen LogP) is 2.98. The average Bonchev–Trinajstić information content (AvgIpc) is 3.81. The summed E-state index contributed by atoms with van der Waals surface area (Å²) in [6.07, 6.45) is 4.27. The minimum atomic E-state index is -0.704. The number of amides is 4. The van der Waals surface area contributed by atoms with Gasteiger partial charge in [-0.25, -0.2) is 4.98 Å². The van der Waals surface area contributed by atoms with Crippen LogP contribution in [0.5, 0.6) is 0 Å². The Bertz CT molecular complexity index is 1330. The van der Waals surface area contributed by atoms with E-state index < -0.39 is 18.1 Å². The van der Waals surface area contributed by atoms with Crippen molar-refractivity contribution < 1.29 is 19.2 Å². The summed E-state index contributed by atoms with van der Waals surface area (Å²) in [4.78, 5) is 70.3. The van der Waals surface area contributed by atoms with Crippen molar-refractivity contribution >= 4 is 80.3 Å². The van der Waals surface area contributed by atoms with Gasteiger partial charge in [0.25, 0.3) is 5.91 Å². The largest absolute Gasteiger partial charge is 0.345 e. The molecule has 0 unspecified atom stereocenters. The molecule has 4 amide bonds. The second-order valence-electron chi connectivity index (χ2n) is 12.1. The Hall–Kier alpha value is -2.10. The fourth-order valence-electron chi connectivity index (χ4n) is 5.68. The number of aliphatic imine (C=N–C) groups is 2. The van der Waals surface area contributed by atoms with E-state index in [-0.39, 0.29) is 53.6 Å². The summed E-state index contributed by atoms with van der Waals surface area (Å²) in [5.74, 6) is 0.731. The number of hydrogen-bond donors (Lipinski definition) is 3. The van der Waals surface area contributed by atoms with Crippen LogP contribution >= 0.6 is 46.6 Å². The summed E-state index contributed by atoms with van der Waals surface area (Å²) in [5, 5.41) is 13.1. The topological polar surface area (TPSA) is 145 Å². The number of hydrogen-bond acceptors (Lipinski definition) is 11. The predicted molar refractivity (Wildman–Crippen MR) is 181 cm³/mol. The van der Waals surface area contributed by atoms with Gasteiger partial charge in [0, 0.05) is 23.4 Å². The van der Waals surface area contributed by atoms with E-state index in [0.717, 1.165) is 23.6 Å². The van der Waals surface area contributed by atoms with Gasteiger partial charge >= 0.3 is 0 Å². The molecule has 1 fully saturated rings. The van der Waals surface area contributed by atoms with Crippen LogP contribution in [0.2, 0.25) is 0 Å². The molecule has 1 saturated heterocycles. The Morgan fingerprint density at radius 3 is 2.23 bits per heavy atom. The van der Waals surface area contributed by atoms with Gasteiger partial charge < -0.3 is 20.9 Å². The van der Waals surface area contributed by atoms with Crippen molar-refractivity contribution in [2.24, 2.45) is 21.8 Å². The number of aromatic nitrogens is 1. The van der Waals surface area contributed by atoms with E-state index in [1.807, 2.05) is 38.9 Å². The molecule has 0 spiro atoms. The van der Waals surface area contributed by atoms with Crippen molar-refractivity contribution in [1.82, 2.24) is 25.8 Å². The van der Waals surface area contributed by atoms with E-state index in [1.54, 1.807) is 17.1 Å². The third-order valence-electron chi connectivity index (χ3n) is 8.20. The van der Waals surface area contributed by atoms with E-state index in [0.29, 0.717) is 40.2 Å². The Balaban J connectivity index is 1.49. The summed E-state index contributed by atoms with van der Waals surface area (Å²) in [6, 6.07) is -2.87. The first kappa shape index (κ1) is 33.3. The molecule has 4 aliphatic heterocycles. The highest BCUT2D eigenvalue weighted by Gasteiger charge is 2.41. The van der Waals surface area contributed by atoms with Crippen LogP contribution < -0.4 is 16.0 Å². The number of carbonyl (C=O) groups is 4.